The summed E-state index contributed by atoms with van der Waals surface area (Å²) in [5, 5.41) is 11.5. The Morgan fingerprint density at radius 2 is 1.69 bits per heavy atom. The van der Waals surface area contributed by atoms with E-state index in [-0.39, 0.29) is 19.1 Å². The fourth-order valence-electron chi connectivity index (χ4n) is 3.07. The molecule has 4 nitrogen and oxygen atoms in total. The summed E-state index contributed by atoms with van der Waals surface area (Å²) in [5.74, 6) is 0.629. The van der Waals surface area contributed by atoms with Crippen molar-refractivity contribution in [3.63, 3.8) is 0 Å². The van der Waals surface area contributed by atoms with Crippen LogP contribution in [-0.4, -0.2) is 24.2 Å². The van der Waals surface area contributed by atoms with Crippen LogP contribution in [0, 0.1) is 0 Å². The molecule has 0 aliphatic rings. The van der Waals surface area contributed by atoms with Gasteiger partial charge in [0.15, 0.2) is 0 Å². The van der Waals surface area contributed by atoms with E-state index in [1.54, 1.807) is 6.07 Å². The molecule has 0 saturated heterocycles. The van der Waals surface area contributed by atoms with Gasteiger partial charge in [-0.3, -0.25) is 4.79 Å². The smallest absolute Gasteiger partial charge is 0.251 e. The highest BCUT2D eigenvalue weighted by molar-refractivity contribution is 9.10. The first-order valence-corrected chi connectivity index (χ1v) is 10.4. The molecule has 0 atom stereocenters. The number of carbonyl (C=O) groups is 1. The van der Waals surface area contributed by atoms with Crippen LogP contribution in [0.4, 0.5) is 0 Å². The average molecular weight is 454 g/mol. The predicted molar refractivity (Wildman–Crippen MR) is 118 cm³/mol. The van der Waals surface area contributed by atoms with Crippen LogP contribution in [0.1, 0.15) is 27.0 Å². The lowest BCUT2D eigenvalue weighted by Crippen LogP contribution is -2.26. The monoisotopic (exact) mass is 453 g/mol. The lowest BCUT2D eigenvalue weighted by atomic mass is 10.0. The van der Waals surface area contributed by atoms with Gasteiger partial charge >= 0.3 is 0 Å². The van der Waals surface area contributed by atoms with Crippen LogP contribution in [0.15, 0.2) is 77.3 Å². The van der Waals surface area contributed by atoms with Gasteiger partial charge in [0.05, 0.1) is 11.1 Å². The Morgan fingerprint density at radius 1 is 0.931 bits per heavy atom. The second kappa shape index (κ2) is 10.8. The lowest BCUT2D eigenvalue weighted by Gasteiger charge is -2.14. The normalized spacial score (nSPS) is 10.6. The van der Waals surface area contributed by atoms with Crippen LogP contribution in [-0.2, 0) is 19.4 Å². The highest BCUT2D eigenvalue weighted by Gasteiger charge is 2.10. The molecule has 0 unspecified atom stereocenters. The van der Waals surface area contributed by atoms with Crippen molar-refractivity contribution >= 4 is 21.8 Å². The molecule has 0 fully saturated rings. The van der Waals surface area contributed by atoms with Crippen LogP contribution in [0.2, 0.25) is 0 Å². The molecule has 0 aliphatic heterocycles. The first-order valence-electron chi connectivity index (χ1n) is 9.59. The van der Waals surface area contributed by atoms with E-state index in [4.69, 9.17) is 9.84 Å². The zero-order valence-corrected chi connectivity index (χ0v) is 17.7. The van der Waals surface area contributed by atoms with Crippen LogP contribution in [0.5, 0.6) is 5.75 Å². The number of aliphatic hydroxyl groups excluding tert-OH is 1. The topological polar surface area (TPSA) is 58.6 Å². The van der Waals surface area contributed by atoms with Gasteiger partial charge in [-0.05, 0) is 63.7 Å². The van der Waals surface area contributed by atoms with Crippen LogP contribution in [0.25, 0.3) is 0 Å². The van der Waals surface area contributed by atoms with E-state index in [0.717, 1.165) is 34.2 Å². The number of amides is 1. The fraction of sp³-hybridized carbons (Fsp3) is 0.208. The number of benzene rings is 3. The highest BCUT2D eigenvalue weighted by atomic mass is 79.9. The minimum Gasteiger partial charge on any atom is -0.487 e. The standard InChI is InChI=1S/C24H24BrNO3/c25-22-11-5-9-20(13-12-18-6-2-1-3-7-18)23(22)29-17-19-8-4-10-21(16-19)24(28)26-14-15-27/h1-11,16,27H,12-15,17H2,(H,26,28). The van der Waals surface area contributed by atoms with Gasteiger partial charge in [0.25, 0.3) is 5.91 Å². The summed E-state index contributed by atoms with van der Waals surface area (Å²) in [7, 11) is 0. The number of hydrogen-bond acceptors (Lipinski definition) is 3. The molecule has 3 aromatic carbocycles. The molecule has 1 amide bonds. The van der Waals surface area contributed by atoms with E-state index in [1.165, 1.54) is 5.56 Å². The van der Waals surface area contributed by atoms with E-state index in [0.29, 0.717) is 12.2 Å². The molecule has 3 rings (SSSR count). The first-order chi connectivity index (χ1) is 14.2. The van der Waals surface area contributed by atoms with Gasteiger partial charge in [-0.25, -0.2) is 0 Å². The molecule has 0 saturated carbocycles. The second-order valence-corrected chi connectivity index (χ2v) is 7.54. The molecule has 5 heteroatoms. The van der Waals surface area contributed by atoms with Crippen molar-refractivity contribution in [3.8, 4) is 5.75 Å². The molecular weight excluding hydrogens is 430 g/mol. The number of carbonyl (C=O) groups excluding carboxylic acids is 1. The van der Waals surface area contributed by atoms with Crippen LogP contribution >= 0.6 is 15.9 Å². The lowest BCUT2D eigenvalue weighted by molar-refractivity contribution is 0.0944. The number of nitrogens with one attached hydrogen (secondary N) is 1. The van der Waals surface area contributed by atoms with Crippen molar-refractivity contribution in [2.24, 2.45) is 0 Å². The number of rotatable bonds is 9. The molecule has 2 N–H and O–H groups in total. The minimum absolute atomic E-state index is 0.0810. The maximum atomic E-state index is 12.1. The average Bonchev–Trinajstić information content (AvgIpc) is 2.76. The maximum absolute atomic E-state index is 12.1. The molecule has 0 bridgehead atoms. The first kappa shape index (κ1) is 21.1. The quantitative estimate of drug-likeness (QED) is 0.500. The summed E-state index contributed by atoms with van der Waals surface area (Å²) < 4.78 is 7.06. The summed E-state index contributed by atoms with van der Waals surface area (Å²) in [6.07, 6.45) is 1.82. The molecule has 29 heavy (non-hydrogen) atoms. The highest BCUT2D eigenvalue weighted by Crippen LogP contribution is 2.31. The van der Waals surface area contributed by atoms with Gasteiger partial charge in [-0.2, -0.15) is 0 Å². The third kappa shape index (κ3) is 6.17. The number of ether oxygens (including phenoxy) is 1. The van der Waals surface area contributed by atoms with Gasteiger partial charge in [0.2, 0.25) is 0 Å². The molecule has 0 spiro atoms. The molecule has 0 aliphatic carbocycles. The Balaban J connectivity index is 1.68. The van der Waals surface area contributed by atoms with Gasteiger partial charge in [0, 0.05) is 12.1 Å². The van der Waals surface area contributed by atoms with E-state index in [9.17, 15) is 4.79 Å². The largest absolute Gasteiger partial charge is 0.487 e. The molecule has 0 heterocycles. The van der Waals surface area contributed by atoms with Gasteiger partial charge in [0.1, 0.15) is 12.4 Å². The zero-order chi connectivity index (χ0) is 20.5. The molecule has 3 aromatic rings. The Hall–Kier alpha value is -2.63. The van der Waals surface area contributed by atoms with Crippen molar-refractivity contribution in [1.82, 2.24) is 5.32 Å². The Bertz CT molecular complexity index is 944. The summed E-state index contributed by atoms with van der Waals surface area (Å²) in [6, 6.07) is 23.8. The number of aliphatic hydroxyl groups is 1. The number of para-hydroxylation sites is 1. The third-order valence-electron chi connectivity index (χ3n) is 4.54. The van der Waals surface area contributed by atoms with Crippen LogP contribution < -0.4 is 10.1 Å². The van der Waals surface area contributed by atoms with E-state index in [2.05, 4.69) is 51.6 Å². The SMILES string of the molecule is O=C(NCCO)c1cccc(COc2c(Br)cccc2CCc2ccccc2)c1. The summed E-state index contributed by atoms with van der Waals surface area (Å²) in [5.41, 5.74) is 3.89. The van der Waals surface area contributed by atoms with Gasteiger partial charge < -0.3 is 15.2 Å². The summed E-state index contributed by atoms with van der Waals surface area (Å²) in [4.78, 5) is 12.1. The Morgan fingerprint density at radius 3 is 2.48 bits per heavy atom. The number of aryl methyl sites for hydroxylation is 2. The fourth-order valence-corrected chi connectivity index (χ4v) is 3.59. The zero-order valence-electron chi connectivity index (χ0n) is 16.1. The summed E-state index contributed by atoms with van der Waals surface area (Å²) >= 11 is 3.60. The van der Waals surface area contributed by atoms with Crippen molar-refractivity contribution in [1.29, 1.82) is 0 Å². The van der Waals surface area contributed by atoms with E-state index >= 15 is 0 Å². The molecular formula is C24H24BrNO3. The number of hydrogen-bond donors (Lipinski definition) is 2. The van der Waals surface area contributed by atoms with Crippen molar-refractivity contribution in [3.05, 3.63) is 99.5 Å². The summed E-state index contributed by atoms with van der Waals surface area (Å²) in [6.45, 7) is 0.520. The Labute approximate surface area is 179 Å². The minimum atomic E-state index is -0.203. The van der Waals surface area contributed by atoms with E-state index in [1.807, 2.05) is 36.4 Å². The maximum Gasteiger partial charge on any atom is 0.251 e. The Kier molecular flexibility index (Phi) is 7.85. The van der Waals surface area contributed by atoms with Gasteiger partial charge in [-0.1, -0.05) is 54.6 Å². The van der Waals surface area contributed by atoms with E-state index < -0.39 is 0 Å². The second-order valence-electron chi connectivity index (χ2n) is 6.68. The molecule has 0 aromatic heterocycles. The van der Waals surface area contributed by atoms with Crippen molar-refractivity contribution in [2.75, 3.05) is 13.2 Å². The third-order valence-corrected chi connectivity index (χ3v) is 5.17. The predicted octanol–water partition coefficient (Wildman–Crippen LogP) is 4.54. The van der Waals surface area contributed by atoms with Crippen molar-refractivity contribution in [2.45, 2.75) is 19.4 Å². The number of halogens is 1. The molecule has 0 radical (unpaired) electrons. The van der Waals surface area contributed by atoms with Crippen molar-refractivity contribution < 1.29 is 14.6 Å². The molecule has 150 valence electrons. The van der Waals surface area contributed by atoms with Gasteiger partial charge in [-0.15, -0.1) is 0 Å². The van der Waals surface area contributed by atoms with Crippen LogP contribution in [0.3, 0.4) is 0 Å².